The smallest absolute Gasteiger partial charge is 0.103 e. The second-order valence-corrected chi connectivity index (χ2v) is 1.87. The largest absolute Gasteiger partial charge is 0.469 e. The van der Waals surface area contributed by atoms with E-state index in [1.807, 2.05) is 12.1 Å². The highest BCUT2D eigenvalue weighted by molar-refractivity contribution is 4.97. The van der Waals surface area contributed by atoms with E-state index in [9.17, 15) is 4.39 Å². The number of hydrogen-bond acceptors (Lipinski definition) is 1. The molecule has 0 aliphatic rings. The van der Waals surface area contributed by atoms with Crippen LogP contribution in [-0.4, -0.2) is 6.67 Å². The number of aryl methyl sites for hydroxylation is 1. The van der Waals surface area contributed by atoms with Crippen LogP contribution in [-0.2, 0) is 6.42 Å². The maximum atomic E-state index is 11.5. The van der Waals surface area contributed by atoms with Gasteiger partial charge >= 0.3 is 0 Å². The van der Waals surface area contributed by atoms with Crippen LogP contribution in [0.5, 0.6) is 0 Å². The fourth-order valence-electron chi connectivity index (χ4n) is 0.696. The lowest BCUT2D eigenvalue weighted by atomic mass is 10.3. The summed E-state index contributed by atoms with van der Waals surface area (Å²) in [5.74, 6) is 0.868. The van der Waals surface area contributed by atoms with Crippen molar-refractivity contribution in [1.82, 2.24) is 0 Å². The molecule has 0 N–H and O–H groups in total. The molecule has 0 fully saturated rings. The van der Waals surface area contributed by atoms with E-state index < -0.39 is 0 Å². The van der Waals surface area contributed by atoms with Gasteiger partial charge in [-0.2, -0.15) is 0 Å². The zero-order valence-electron chi connectivity index (χ0n) is 5.14. The maximum Gasteiger partial charge on any atom is 0.103 e. The van der Waals surface area contributed by atoms with Gasteiger partial charge in [0.15, 0.2) is 0 Å². The summed E-state index contributed by atoms with van der Waals surface area (Å²) in [4.78, 5) is 0. The summed E-state index contributed by atoms with van der Waals surface area (Å²) in [6, 6.07) is 3.67. The Morgan fingerprint density at radius 3 is 3.00 bits per heavy atom. The molecule has 0 unspecified atom stereocenters. The summed E-state index contributed by atoms with van der Waals surface area (Å²) in [6.45, 7) is -0.263. The monoisotopic (exact) mass is 128 g/mol. The molecule has 0 aromatic carbocycles. The second-order valence-electron chi connectivity index (χ2n) is 1.87. The lowest BCUT2D eigenvalue weighted by Gasteiger charge is -1.88. The fraction of sp³-hybridized carbons (Fsp3) is 0.429. The summed E-state index contributed by atoms with van der Waals surface area (Å²) < 4.78 is 16.5. The Kier molecular flexibility index (Phi) is 2.31. The summed E-state index contributed by atoms with van der Waals surface area (Å²) in [7, 11) is 0. The average molecular weight is 128 g/mol. The van der Waals surface area contributed by atoms with Crippen molar-refractivity contribution >= 4 is 0 Å². The Morgan fingerprint density at radius 1 is 1.56 bits per heavy atom. The summed E-state index contributed by atoms with van der Waals surface area (Å²) >= 11 is 0. The Balaban J connectivity index is 2.30. The van der Waals surface area contributed by atoms with Crippen molar-refractivity contribution in [2.75, 3.05) is 6.67 Å². The molecular formula is C7H9FO. The van der Waals surface area contributed by atoms with Gasteiger partial charge in [-0.15, -0.1) is 0 Å². The molecule has 0 bridgehead atoms. The third-order valence-corrected chi connectivity index (χ3v) is 1.14. The lowest BCUT2D eigenvalue weighted by Crippen LogP contribution is -1.81. The Bertz CT molecular complexity index is 146. The molecule has 50 valence electrons. The third-order valence-electron chi connectivity index (χ3n) is 1.14. The van der Waals surface area contributed by atoms with Gasteiger partial charge < -0.3 is 4.42 Å². The van der Waals surface area contributed by atoms with Crippen molar-refractivity contribution in [1.29, 1.82) is 0 Å². The SMILES string of the molecule is FCCCc1ccco1. The van der Waals surface area contributed by atoms with Gasteiger partial charge in [-0.1, -0.05) is 0 Å². The topological polar surface area (TPSA) is 13.1 Å². The van der Waals surface area contributed by atoms with E-state index in [0.29, 0.717) is 12.8 Å². The van der Waals surface area contributed by atoms with Crippen LogP contribution in [0.1, 0.15) is 12.2 Å². The number of alkyl halides is 1. The minimum Gasteiger partial charge on any atom is -0.469 e. The molecule has 1 aromatic rings. The highest BCUT2D eigenvalue weighted by Crippen LogP contribution is 2.02. The maximum absolute atomic E-state index is 11.5. The van der Waals surface area contributed by atoms with E-state index >= 15 is 0 Å². The molecule has 0 radical (unpaired) electrons. The minimum absolute atomic E-state index is 0.263. The first-order valence-electron chi connectivity index (χ1n) is 3.02. The summed E-state index contributed by atoms with van der Waals surface area (Å²) in [5, 5.41) is 0. The molecule has 0 amide bonds. The molecule has 0 spiro atoms. The van der Waals surface area contributed by atoms with E-state index in [1.54, 1.807) is 6.26 Å². The number of hydrogen-bond donors (Lipinski definition) is 0. The first-order chi connectivity index (χ1) is 4.43. The van der Waals surface area contributed by atoms with Crippen LogP contribution in [0.2, 0.25) is 0 Å². The predicted molar refractivity (Wildman–Crippen MR) is 33.0 cm³/mol. The van der Waals surface area contributed by atoms with E-state index in [4.69, 9.17) is 4.42 Å². The van der Waals surface area contributed by atoms with Gasteiger partial charge in [0.05, 0.1) is 12.9 Å². The fourth-order valence-corrected chi connectivity index (χ4v) is 0.696. The van der Waals surface area contributed by atoms with Crippen molar-refractivity contribution in [2.45, 2.75) is 12.8 Å². The van der Waals surface area contributed by atoms with Gasteiger partial charge in [0.2, 0.25) is 0 Å². The molecule has 2 heteroatoms. The summed E-state index contributed by atoms with van der Waals surface area (Å²) in [6.07, 6.45) is 2.88. The number of rotatable bonds is 3. The molecule has 1 rings (SSSR count). The minimum atomic E-state index is -0.263. The standard InChI is InChI=1S/C7H9FO/c8-5-1-3-7-4-2-6-9-7/h2,4,6H,1,3,5H2. The molecule has 0 saturated heterocycles. The zero-order valence-corrected chi connectivity index (χ0v) is 5.14. The molecule has 0 aliphatic carbocycles. The molecule has 0 aliphatic heterocycles. The quantitative estimate of drug-likeness (QED) is 0.608. The predicted octanol–water partition coefficient (Wildman–Crippen LogP) is 2.18. The molecule has 1 nitrogen and oxygen atoms in total. The molecule has 1 aromatic heterocycles. The van der Waals surface area contributed by atoms with Gasteiger partial charge in [-0.05, 0) is 18.6 Å². The van der Waals surface area contributed by atoms with Crippen LogP contribution in [0.4, 0.5) is 4.39 Å². The molecule has 9 heavy (non-hydrogen) atoms. The van der Waals surface area contributed by atoms with Crippen LogP contribution < -0.4 is 0 Å². The lowest BCUT2D eigenvalue weighted by molar-refractivity contribution is 0.442. The number of furan rings is 1. The van der Waals surface area contributed by atoms with Crippen molar-refractivity contribution in [2.24, 2.45) is 0 Å². The molecule has 1 heterocycles. The molecule has 0 atom stereocenters. The van der Waals surface area contributed by atoms with Crippen molar-refractivity contribution in [3.8, 4) is 0 Å². The van der Waals surface area contributed by atoms with E-state index in [2.05, 4.69) is 0 Å². The van der Waals surface area contributed by atoms with E-state index in [0.717, 1.165) is 5.76 Å². The van der Waals surface area contributed by atoms with E-state index in [1.165, 1.54) is 0 Å². The van der Waals surface area contributed by atoms with Crippen LogP contribution in [0.15, 0.2) is 22.8 Å². The normalized spacial score (nSPS) is 9.89. The highest BCUT2D eigenvalue weighted by Gasteiger charge is 1.92. The second kappa shape index (κ2) is 3.28. The highest BCUT2D eigenvalue weighted by atomic mass is 19.1. The first kappa shape index (κ1) is 6.33. The third kappa shape index (κ3) is 1.88. The van der Waals surface area contributed by atoms with Gasteiger partial charge in [0.25, 0.3) is 0 Å². The van der Waals surface area contributed by atoms with Crippen LogP contribution in [0.25, 0.3) is 0 Å². The van der Waals surface area contributed by atoms with Crippen molar-refractivity contribution in [3.63, 3.8) is 0 Å². The van der Waals surface area contributed by atoms with Crippen LogP contribution >= 0.6 is 0 Å². The van der Waals surface area contributed by atoms with Gasteiger partial charge in [0, 0.05) is 6.42 Å². The van der Waals surface area contributed by atoms with Crippen LogP contribution in [0, 0.1) is 0 Å². The first-order valence-corrected chi connectivity index (χ1v) is 3.02. The zero-order chi connectivity index (χ0) is 6.53. The summed E-state index contributed by atoms with van der Waals surface area (Å²) in [5.41, 5.74) is 0. The molecule has 0 saturated carbocycles. The molecular weight excluding hydrogens is 119 g/mol. The Morgan fingerprint density at radius 2 is 2.44 bits per heavy atom. The van der Waals surface area contributed by atoms with Gasteiger partial charge in [-0.3, -0.25) is 4.39 Å². The van der Waals surface area contributed by atoms with Crippen molar-refractivity contribution in [3.05, 3.63) is 24.2 Å². The van der Waals surface area contributed by atoms with Crippen LogP contribution in [0.3, 0.4) is 0 Å². The van der Waals surface area contributed by atoms with Gasteiger partial charge in [0.1, 0.15) is 5.76 Å². The van der Waals surface area contributed by atoms with Crippen molar-refractivity contribution < 1.29 is 8.81 Å². The Labute approximate surface area is 53.5 Å². The average Bonchev–Trinajstić information content (AvgIpc) is 2.34. The van der Waals surface area contributed by atoms with E-state index in [-0.39, 0.29) is 6.67 Å². The van der Waals surface area contributed by atoms with Gasteiger partial charge in [-0.25, -0.2) is 0 Å². The Hall–Kier alpha value is -0.790. The number of halogens is 1.